The third kappa shape index (κ3) is 2.74. The van der Waals surface area contributed by atoms with Gasteiger partial charge in [-0.25, -0.2) is 0 Å². The Kier molecular flexibility index (Phi) is 2.94. The molecule has 0 saturated heterocycles. The van der Waals surface area contributed by atoms with Gasteiger partial charge in [0.25, 0.3) is 0 Å². The van der Waals surface area contributed by atoms with E-state index in [4.69, 9.17) is 10.5 Å². The van der Waals surface area contributed by atoms with Crippen LogP contribution in [0.1, 0.15) is 26.3 Å². The van der Waals surface area contributed by atoms with Crippen molar-refractivity contribution < 1.29 is 4.74 Å². The van der Waals surface area contributed by atoms with Gasteiger partial charge in [-0.3, -0.25) is 0 Å². The van der Waals surface area contributed by atoms with Gasteiger partial charge in [0.05, 0.1) is 6.61 Å². The normalized spacial score (nSPS) is 11.4. The monoisotopic (exact) mass is 179 g/mol. The third-order valence-corrected chi connectivity index (χ3v) is 1.91. The summed E-state index contributed by atoms with van der Waals surface area (Å²) in [4.78, 5) is 0. The van der Waals surface area contributed by atoms with Gasteiger partial charge in [-0.2, -0.15) is 0 Å². The second-order valence-electron chi connectivity index (χ2n) is 3.68. The zero-order valence-electron chi connectivity index (χ0n) is 8.50. The van der Waals surface area contributed by atoms with Gasteiger partial charge >= 0.3 is 0 Å². The van der Waals surface area contributed by atoms with E-state index in [1.807, 2.05) is 45.0 Å². The lowest BCUT2D eigenvalue weighted by Crippen LogP contribution is -2.28. The molecular weight excluding hydrogens is 162 g/mol. The first kappa shape index (κ1) is 10.1. The summed E-state index contributed by atoms with van der Waals surface area (Å²) in [6, 6.07) is 7.91. The van der Waals surface area contributed by atoms with Gasteiger partial charge in [0.2, 0.25) is 0 Å². The maximum absolute atomic E-state index is 5.94. The molecule has 1 aromatic carbocycles. The van der Waals surface area contributed by atoms with E-state index >= 15 is 0 Å². The summed E-state index contributed by atoms with van der Waals surface area (Å²) in [5, 5.41) is 0. The van der Waals surface area contributed by atoms with E-state index in [1.54, 1.807) is 0 Å². The molecule has 2 N–H and O–H groups in total. The molecule has 0 aliphatic rings. The Morgan fingerprint density at radius 3 is 2.15 bits per heavy atom. The Balaban J connectivity index is 2.81. The van der Waals surface area contributed by atoms with Crippen molar-refractivity contribution in [2.24, 2.45) is 5.73 Å². The van der Waals surface area contributed by atoms with Crippen molar-refractivity contribution in [3.05, 3.63) is 29.8 Å². The molecule has 0 atom stereocenters. The van der Waals surface area contributed by atoms with Gasteiger partial charge in [0.1, 0.15) is 5.75 Å². The predicted octanol–water partition coefficient (Wildman–Crippen LogP) is 2.28. The molecule has 2 heteroatoms. The first-order valence-corrected chi connectivity index (χ1v) is 4.56. The van der Waals surface area contributed by atoms with Crippen LogP contribution in [0, 0.1) is 0 Å². The van der Waals surface area contributed by atoms with E-state index in [1.165, 1.54) is 0 Å². The van der Waals surface area contributed by atoms with Crippen molar-refractivity contribution in [3.8, 4) is 5.75 Å². The van der Waals surface area contributed by atoms with Crippen LogP contribution in [-0.4, -0.2) is 6.61 Å². The van der Waals surface area contributed by atoms with E-state index in [9.17, 15) is 0 Å². The van der Waals surface area contributed by atoms with Crippen LogP contribution in [0.15, 0.2) is 24.3 Å². The average molecular weight is 179 g/mol. The van der Waals surface area contributed by atoms with E-state index in [0.717, 1.165) is 11.3 Å². The zero-order chi connectivity index (χ0) is 9.90. The molecule has 1 aromatic rings. The van der Waals surface area contributed by atoms with Crippen molar-refractivity contribution in [1.29, 1.82) is 0 Å². The molecule has 0 heterocycles. The quantitative estimate of drug-likeness (QED) is 0.772. The molecule has 0 amide bonds. The van der Waals surface area contributed by atoms with Crippen molar-refractivity contribution in [1.82, 2.24) is 0 Å². The molecule has 0 radical (unpaired) electrons. The van der Waals surface area contributed by atoms with Crippen molar-refractivity contribution in [2.45, 2.75) is 26.3 Å². The molecule has 0 aliphatic carbocycles. The second-order valence-corrected chi connectivity index (χ2v) is 3.68. The predicted molar refractivity (Wildman–Crippen MR) is 54.8 cm³/mol. The maximum atomic E-state index is 5.94. The lowest BCUT2D eigenvalue weighted by molar-refractivity contribution is 0.340. The summed E-state index contributed by atoms with van der Waals surface area (Å²) >= 11 is 0. The Labute approximate surface area is 79.7 Å². The number of rotatable bonds is 3. The Bertz CT molecular complexity index is 258. The smallest absolute Gasteiger partial charge is 0.119 e. The highest BCUT2D eigenvalue weighted by atomic mass is 16.5. The molecule has 0 fully saturated rings. The number of benzene rings is 1. The maximum Gasteiger partial charge on any atom is 0.119 e. The van der Waals surface area contributed by atoms with Crippen LogP contribution in [0.5, 0.6) is 5.75 Å². The molecule has 0 aromatic heterocycles. The highest BCUT2D eigenvalue weighted by molar-refractivity contribution is 5.30. The lowest BCUT2D eigenvalue weighted by atomic mass is 9.96. The van der Waals surface area contributed by atoms with Crippen LogP contribution < -0.4 is 10.5 Å². The van der Waals surface area contributed by atoms with Crippen LogP contribution in [-0.2, 0) is 5.54 Å². The minimum absolute atomic E-state index is 0.273. The zero-order valence-corrected chi connectivity index (χ0v) is 8.50. The molecular formula is C11H17NO. The van der Waals surface area contributed by atoms with Crippen LogP contribution >= 0.6 is 0 Å². The topological polar surface area (TPSA) is 35.2 Å². The fourth-order valence-electron chi connectivity index (χ4n) is 1.15. The molecule has 1 rings (SSSR count). The standard InChI is InChI=1S/C11H17NO/c1-4-13-10-7-5-9(6-8-10)11(2,3)12/h5-8H,4,12H2,1-3H3. The summed E-state index contributed by atoms with van der Waals surface area (Å²) in [5.41, 5.74) is 6.79. The molecule has 72 valence electrons. The van der Waals surface area contributed by atoms with Crippen molar-refractivity contribution in [2.75, 3.05) is 6.61 Å². The SMILES string of the molecule is CCOc1ccc(C(C)(C)N)cc1. The largest absolute Gasteiger partial charge is 0.494 e. The van der Waals surface area contributed by atoms with Crippen molar-refractivity contribution >= 4 is 0 Å². The third-order valence-electron chi connectivity index (χ3n) is 1.91. The number of nitrogens with two attached hydrogens (primary N) is 1. The van der Waals surface area contributed by atoms with E-state index in [0.29, 0.717) is 6.61 Å². The van der Waals surface area contributed by atoms with E-state index < -0.39 is 0 Å². The number of ether oxygens (including phenoxy) is 1. The molecule has 0 aliphatic heterocycles. The van der Waals surface area contributed by atoms with Crippen LogP contribution in [0.2, 0.25) is 0 Å². The molecule has 0 bridgehead atoms. The summed E-state index contributed by atoms with van der Waals surface area (Å²) in [6.45, 7) is 6.65. The molecule has 2 nitrogen and oxygen atoms in total. The highest BCUT2D eigenvalue weighted by Crippen LogP contribution is 2.20. The summed E-state index contributed by atoms with van der Waals surface area (Å²) in [6.07, 6.45) is 0. The van der Waals surface area contributed by atoms with E-state index in [2.05, 4.69) is 0 Å². The van der Waals surface area contributed by atoms with Crippen LogP contribution in [0.4, 0.5) is 0 Å². The highest BCUT2D eigenvalue weighted by Gasteiger charge is 2.13. The summed E-state index contributed by atoms with van der Waals surface area (Å²) < 4.78 is 5.33. The average Bonchev–Trinajstić information content (AvgIpc) is 2.04. The van der Waals surface area contributed by atoms with Crippen molar-refractivity contribution in [3.63, 3.8) is 0 Å². The van der Waals surface area contributed by atoms with Gasteiger partial charge in [-0.05, 0) is 38.5 Å². The molecule has 13 heavy (non-hydrogen) atoms. The van der Waals surface area contributed by atoms with E-state index in [-0.39, 0.29) is 5.54 Å². The van der Waals surface area contributed by atoms with Crippen LogP contribution in [0.25, 0.3) is 0 Å². The Morgan fingerprint density at radius 2 is 1.77 bits per heavy atom. The van der Waals surface area contributed by atoms with Crippen LogP contribution in [0.3, 0.4) is 0 Å². The lowest BCUT2D eigenvalue weighted by Gasteiger charge is -2.19. The Hall–Kier alpha value is -1.02. The number of hydrogen-bond acceptors (Lipinski definition) is 2. The van der Waals surface area contributed by atoms with Gasteiger partial charge in [-0.1, -0.05) is 12.1 Å². The number of hydrogen-bond donors (Lipinski definition) is 1. The fraction of sp³-hybridized carbons (Fsp3) is 0.455. The summed E-state index contributed by atoms with van der Waals surface area (Å²) in [5.74, 6) is 0.899. The summed E-state index contributed by atoms with van der Waals surface area (Å²) in [7, 11) is 0. The molecule has 0 unspecified atom stereocenters. The molecule has 0 saturated carbocycles. The first-order chi connectivity index (χ1) is 6.04. The van der Waals surface area contributed by atoms with Gasteiger partial charge in [-0.15, -0.1) is 0 Å². The second kappa shape index (κ2) is 3.79. The minimum Gasteiger partial charge on any atom is -0.494 e. The van der Waals surface area contributed by atoms with Gasteiger partial charge < -0.3 is 10.5 Å². The Morgan fingerprint density at radius 1 is 1.23 bits per heavy atom. The van der Waals surface area contributed by atoms with Gasteiger partial charge in [0.15, 0.2) is 0 Å². The first-order valence-electron chi connectivity index (χ1n) is 4.56. The van der Waals surface area contributed by atoms with Gasteiger partial charge in [0, 0.05) is 5.54 Å². The minimum atomic E-state index is -0.273. The fourth-order valence-corrected chi connectivity index (χ4v) is 1.15. The molecule has 0 spiro atoms.